The van der Waals surface area contributed by atoms with Crippen molar-refractivity contribution in [2.45, 2.75) is 47.3 Å². The van der Waals surface area contributed by atoms with E-state index in [9.17, 15) is 4.79 Å². The Kier molecular flexibility index (Phi) is 4.26. The third kappa shape index (κ3) is 3.02. The highest BCUT2D eigenvalue weighted by Crippen LogP contribution is 2.39. The van der Waals surface area contributed by atoms with Crippen LogP contribution in [-0.2, 0) is 11.3 Å². The molecule has 0 spiro atoms. The number of fused-ring (bicyclic) bond motifs is 1. The van der Waals surface area contributed by atoms with E-state index in [0.717, 1.165) is 43.8 Å². The van der Waals surface area contributed by atoms with Crippen molar-refractivity contribution in [1.29, 1.82) is 0 Å². The fraction of sp³-hybridized carbons (Fsp3) is 0.350. The molecule has 1 atom stereocenters. The van der Waals surface area contributed by atoms with Crippen LogP contribution in [0.3, 0.4) is 0 Å². The zero-order valence-electron chi connectivity index (χ0n) is 16.0. The number of hydrogen-bond acceptors (Lipinski definition) is 6. The zero-order chi connectivity index (χ0) is 19.3. The van der Waals surface area contributed by atoms with Crippen molar-refractivity contribution < 1.29 is 14.1 Å². The first kappa shape index (κ1) is 17.7. The first-order valence-electron chi connectivity index (χ1n) is 8.83. The summed E-state index contributed by atoms with van der Waals surface area (Å²) >= 11 is 1.67. The third-order valence-electron chi connectivity index (χ3n) is 4.84. The Balaban J connectivity index is 1.80. The van der Waals surface area contributed by atoms with Gasteiger partial charge in [0.15, 0.2) is 6.10 Å². The Bertz CT molecular complexity index is 1020. The molecular weight excluding hydrogens is 362 g/mol. The maximum atomic E-state index is 12.9. The van der Waals surface area contributed by atoms with Crippen LogP contribution < -0.4 is 9.64 Å². The predicted molar refractivity (Wildman–Crippen MR) is 104 cm³/mol. The maximum Gasteiger partial charge on any atom is 0.268 e. The van der Waals surface area contributed by atoms with E-state index in [1.165, 1.54) is 0 Å². The topological polar surface area (TPSA) is 68.5 Å². The average Bonchev–Trinajstić information content (AvgIpc) is 3.13. The summed E-state index contributed by atoms with van der Waals surface area (Å²) in [5.74, 6) is 1.34. The number of aromatic nitrogens is 2. The van der Waals surface area contributed by atoms with E-state index >= 15 is 0 Å². The maximum absolute atomic E-state index is 12.9. The van der Waals surface area contributed by atoms with Crippen molar-refractivity contribution in [3.05, 3.63) is 45.1 Å². The molecule has 6 nitrogen and oxygen atoms in total. The monoisotopic (exact) mass is 383 g/mol. The molecule has 140 valence electrons. The van der Waals surface area contributed by atoms with Gasteiger partial charge in [0.05, 0.1) is 28.6 Å². The second-order valence-corrected chi connectivity index (χ2v) is 8.21. The van der Waals surface area contributed by atoms with Gasteiger partial charge in [0.1, 0.15) is 11.5 Å². The summed E-state index contributed by atoms with van der Waals surface area (Å²) in [4.78, 5) is 20.4. The van der Waals surface area contributed by atoms with Crippen LogP contribution >= 0.6 is 11.3 Å². The van der Waals surface area contributed by atoms with Crippen LogP contribution in [0, 0.1) is 27.7 Å². The lowest BCUT2D eigenvalue weighted by molar-refractivity contribution is -0.125. The molecule has 0 unspecified atom stereocenters. The number of anilines is 1. The van der Waals surface area contributed by atoms with Crippen LogP contribution in [-0.4, -0.2) is 22.2 Å². The molecule has 3 aromatic rings. The second kappa shape index (κ2) is 6.49. The normalized spacial score (nSPS) is 16.4. The van der Waals surface area contributed by atoms with Crippen LogP contribution in [0.15, 0.2) is 22.7 Å². The first-order chi connectivity index (χ1) is 12.8. The van der Waals surface area contributed by atoms with Crippen LogP contribution in [0.2, 0.25) is 0 Å². The highest BCUT2D eigenvalue weighted by atomic mass is 32.1. The van der Waals surface area contributed by atoms with Gasteiger partial charge in [-0.3, -0.25) is 4.79 Å². The van der Waals surface area contributed by atoms with Gasteiger partial charge >= 0.3 is 0 Å². The number of nitrogens with zero attached hydrogens (tertiary/aromatic N) is 3. The number of aryl methyl sites for hydroxylation is 4. The van der Waals surface area contributed by atoms with Crippen molar-refractivity contribution >= 4 is 22.9 Å². The van der Waals surface area contributed by atoms with E-state index < -0.39 is 6.10 Å². The molecule has 1 aliphatic heterocycles. The number of carbonyl (C=O) groups is 1. The van der Waals surface area contributed by atoms with Crippen molar-refractivity contribution in [3.63, 3.8) is 0 Å². The van der Waals surface area contributed by atoms with E-state index in [4.69, 9.17) is 9.26 Å². The van der Waals surface area contributed by atoms with E-state index in [2.05, 4.69) is 17.1 Å². The summed E-state index contributed by atoms with van der Waals surface area (Å²) < 4.78 is 11.1. The van der Waals surface area contributed by atoms with E-state index in [1.807, 2.05) is 39.0 Å². The summed E-state index contributed by atoms with van der Waals surface area (Å²) in [6, 6.07) is 5.90. The largest absolute Gasteiger partial charge is 0.479 e. The van der Waals surface area contributed by atoms with E-state index in [1.54, 1.807) is 23.2 Å². The number of hydrogen-bond donors (Lipinski definition) is 0. The molecule has 7 heteroatoms. The van der Waals surface area contributed by atoms with Gasteiger partial charge in [-0.2, -0.15) is 0 Å². The molecule has 3 heterocycles. The van der Waals surface area contributed by atoms with Crippen LogP contribution in [0.1, 0.15) is 33.8 Å². The minimum absolute atomic E-state index is 0.0779. The minimum atomic E-state index is -0.535. The number of ether oxygens (including phenoxy) is 1. The summed E-state index contributed by atoms with van der Waals surface area (Å²) in [7, 11) is 0. The SMILES string of the molecule is Cc1nc(-c2ccc3c(c2)N(Cc2c(C)noc2C)C(=O)[C@H](C)O3)c(C)s1. The molecular formula is C20H21N3O3S. The van der Waals surface area contributed by atoms with E-state index in [0.29, 0.717) is 12.3 Å². The first-order valence-corrected chi connectivity index (χ1v) is 9.65. The van der Waals surface area contributed by atoms with Gasteiger partial charge in [0.2, 0.25) is 0 Å². The summed E-state index contributed by atoms with van der Waals surface area (Å²) in [5.41, 5.74) is 4.40. The summed E-state index contributed by atoms with van der Waals surface area (Å²) in [6.45, 7) is 9.98. The molecule has 1 amide bonds. The predicted octanol–water partition coefficient (Wildman–Crippen LogP) is 4.35. The molecule has 2 aromatic heterocycles. The number of amides is 1. The van der Waals surface area contributed by atoms with Gasteiger partial charge in [-0.05, 0) is 52.8 Å². The molecule has 0 fully saturated rings. The van der Waals surface area contributed by atoms with Gasteiger partial charge in [0, 0.05) is 16.0 Å². The Morgan fingerprint density at radius 2 is 2.00 bits per heavy atom. The lowest BCUT2D eigenvalue weighted by atomic mass is 10.1. The number of benzene rings is 1. The lowest BCUT2D eigenvalue weighted by Gasteiger charge is -2.33. The molecule has 0 radical (unpaired) electrons. The summed E-state index contributed by atoms with van der Waals surface area (Å²) in [5, 5.41) is 5.03. The fourth-order valence-electron chi connectivity index (χ4n) is 3.40. The molecule has 0 N–H and O–H groups in total. The Labute approximate surface area is 161 Å². The molecule has 4 rings (SSSR count). The van der Waals surface area contributed by atoms with Crippen molar-refractivity contribution in [2.75, 3.05) is 4.90 Å². The van der Waals surface area contributed by atoms with Crippen LogP contribution in [0.25, 0.3) is 11.3 Å². The van der Waals surface area contributed by atoms with Crippen molar-refractivity contribution in [1.82, 2.24) is 10.1 Å². The van der Waals surface area contributed by atoms with Crippen molar-refractivity contribution in [3.8, 4) is 17.0 Å². The van der Waals surface area contributed by atoms with Crippen LogP contribution in [0.5, 0.6) is 5.75 Å². The second-order valence-electron chi connectivity index (χ2n) is 6.81. The molecule has 0 saturated heterocycles. The quantitative estimate of drug-likeness (QED) is 0.673. The van der Waals surface area contributed by atoms with Gasteiger partial charge < -0.3 is 14.2 Å². The smallest absolute Gasteiger partial charge is 0.268 e. The van der Waals surface area contributed by atoms with Crippen molar-refractivity contribution in [2.24, 2.45) is 0 Å². The molecule has 0 aliphatic carbocycles. The molecule has 1 aliphatic rings. The minimum Gasteiger partial charge on any atom is -0.479 e. The van der Waals surface area contributed by atoms with E-state index in [-0.39, 0.29) is 5.91 Å². The van der Waals surface area contributed by atoms with Crippen LogP contribution in [0.4, 0.5) is 5.69 Å². The Morgan fingerprint density at radius 1 is 1.22 bits per heavy atom. The van der Waals surface area contributed by atoms with Gasteiger partial charge in [-0.15, -0.1) is 11.3 Å². The summed E-state index contributed by atoms with van der Waals surface area (Å²) in [6.07, 6.45) is -0.535. The standard InChI is InChI=1S/C20H21N3O3S/c1-10-16(11(2)26-22-10)9-23-17-8-15(19-13(4)27-14(5)21-19)6-7-18(17)25-12(3)20(23)24/h6-8,12H,9H2,1-5H3/t12-/m0/s1. The molecule has 0 bridgehead atoms. The average molecular weight is 383 g/mol. The molecule has 0 saturated carbocycles. The fourth-order valence-corrected chi connectivity index (χ4v) is 4.24. The number of carbonyl (C=O) groups excluding carboxylic acids is 1. The third-order valence-corrected chi connectivity index (χ3v) is 5.73. The zero-order valence-corrected chi connectivity index (χ0v) is 16.8. The molecule has 1 aromatic carbocycles. The Morgan fingerprint density at radius 3 is 2.63 bits per heavy atom. The number of rotatable bonds is 3. The van der Waals surface area contributed by atoms with Gasteiger partial charge in [-0.1, -0.05) is 5.16 Å². The van der Waals surface area contributed by atoms with Gasteiger partial charge in [-0.25, -0.2) is 4.98 Å². The highest BCUT2D eigenvalue weighted by molar-refractivity contribution is 7.11. The molecule has 27 heavy (non-hydrogen) atoms. The Hall–Kier alpha value is -2.67. The van der Waals surface area contributed by atoms with Gasteiger partial charge in [0.25, 0.3) is 5.91 Å². The highest BCUT2D eigenvalue weighted by Gasteiger charge is 2.33. The lowest BCUT2D eigenvalue weighted by Crippen LogP contribution is -2.44. The number of thiazole rings is 1.